The highest BCUT2D eigenvalue weighted by molar-refractivity contribution is 9.10. The Morgan fingerprint density at radius 3 is 2.80 bits per heavy atom. The summed E-state index contributed by atoms with van der Waals surface area (Å²) in [5.74, 6) is -0.108. The van der Waals surface area contributed by atoms with Gasteiger partial charge in [0.05, 0.1) is 12.2 Å². The van der Waals surface area contributed by atoms with Crippen molar-refractivity contribution in [1.82, 2.24) is 20.3 Å². The minimum atomic E-state index is -0.108. The molecule has 1 N–H and O–H groups in total. The highest BCUT2D eigenvalue weighted by Crippen LogP contribution is 2.28. The summed E-state index contributed by atoms with van der Waals surface area (Å²) in [4.78, 5) is 14.3. The molecule has 2 rings (SSSR count). The molecule has 0 aliphatic heterocycles. The average Bonchev–Trinajstić information content (AvgIpc) is 2.98. The van der Waals surface area contributed by atoms with E-state index in [0.717, 1.165) is 16.5 Å². The van der Waals surface area contributed by atoms with Crippen molar-refractivity contribution < 1.29 is 4.79 Å². The lowest BCUT2D eigenvalue weighted by molar-refractivity contribution is 0.0684. The van der Waals surface area contributed by atoms with Crippen molar-refractivity contribution in [2.45, 2.75) is 26.3 Å². The fourth-order valence-electron chi connectivity index (χ4n) is 2.15. The monoisotopic (exact) mass is 336 g/mol. The first-order chi connectivity index (χ1) is 9.65. The van der Waals surface area contributed by atoms with Gasteiger partial charge in [0.1, 0.15) is 0 Å². The van der Waals surface area contributed by atoms with Gasteiger partial charge in [-0.1, -0.05) is 41.1 Å². The average molecular weight is 337 g/mol. The fourth-order valence-corrected chi connectivity index (χ4v) is 2.76. The quantitative estimate of drug-likeness (QED) is 0.911. The van der Waals surface area contributed by atoms with Crippen molar-refractivity contribution >= 4 is 21.8 Å². The van der Waals surface area contributed by atoms with Gasteiger partial charge in [0.2, 0.25) is 0 Å². The summed E-state index contributed by atoms with van der Waals surface area (Å²) in [7, 11) is 0. The summed E-state index contributed by atoms with van der Waals surface area (Å²) in [5.41, 5.74) is 1.43. The molecule has 0 saturated carbocycles. The van der Waals surface area contributed by atoms with E-state index in [2.05, 4.69) is 38.3 Å². The van der Waals surface area contributed by atoms with E-state index in [-0.39, 0.29) is 11.9 Å². The third-order valence-corrected chi connectivity index (χ3v) is 3.90. The molecule has 20 heavy (non-hydrogen) atoms. The lowest BCUT2D eigenvalue weighted by Gasteiger charge is -2.29. The second-order valence-corrected chi connectivity index (χ2v) is 5.41. The number of aromatic nitrogens is 3. The van der Waals surface area contributed by atoms with Crippen molar-refractivity contribution in [3.8, 4) is 0 Å². The highest BCUT2D eigenvalue weighted by atomic mass is 79.9. The van der Waals surface area contributed by atoms with Crippen LogP contribution in [0.1, 0.15) is 42.4 Å². The minimum Gasteiger partial charge on any atom is -0.330 e. The number of benzene rings is 1. The maximum atomic E-state index is 12.5. The van der Waals surface area contributed by atoms with Crippen LogP contribution in [0, 0.1) is 0 Å². The zero-order chi connectivity index (χ0) is 14.5. The number of hydrogen-bond donors (Lipinski definition) is 1. The van der Waals surface area contributed by atoms with Crippen molar-refractivity contribution in [3.05, 3.63) is 46.2 Å². The molecule has 1 heterocycles. The van der Waals surface area contributed by atoms with Gasteiger partial charge < -0.3 is 4.90 Å². The number of rotatable bonds is 5. The Labute approximate surface area is 126 Å². The summed E-state index contributed by atoms with van der Waals surface area (Å²) < 4.78 is 1.00. The SMILES string of the molecule is CCCN(C(=O)c1cn[nH]n1)C(C)c1ccccc1Br. The molecule has 1 aromatic heterocycles. The molecule has 6 heteroatoms. The van der Waals surface area contributed by atoms with Crippen molar-refractivity contribution in [1.29, 1.82) is 0 Å². The van der Waals surface area contributed by atoms with Gasteiger partial charge in [-0.15, -0.1) is 0 Å². The zero-order valence-electron chi connectivity index (χ0n) is 11.5. The van der Waals surface area contributed by atoms with Crippen LogP contribution in [0.3, 0.4) is 0 Å². The summed E-state index contributed by atoms with van der Waals surface area (Å²) in [6.07, 6.45) is 2.34. The van der Waals surface area contributed by atoms with Gasteiger partial charge in [0, 0.05) is 11.0 Å². The van der Waals surface area contributed by atoms with Gasteiger partial charge in [0.15, 0.2) is 5.69 Å². The number of H-pyrrole nitrogens is 1. The molecule has 0 saturated heterocycles. The predicted molar refractivity (Wildman–Crippen MR) is 80.3 cm³/mol. The summed E-state index contributed by atoms with van der Waals surface area (Å²) in [6, 6.07) is 7.91. The molecule has 1 unspecified atom stereocenters. The summed E-state index contributed by atoms with van der Waals surface area (Å²) in [5, 5.41) is 10.1. The Kier molecular flexibility index (Phi) is 4.89. The maximum Gasteiger partial charge on any atom is 0.276 e. The Bertz CT molecular complexity index is 570. The highest BCUT2D eigenvalue weighted by Gasteiger charge is 2.24. The molecular formula is C14H17BrN4O. The van der Waals surface area contributed by atoms with Crippen LogP contribution in [-0.4, -0.2) is 32.8 Å². The molecule has 1 amide bonds. The molecule has 5 nitrogen and oxygen atoms in total. The summed E-state index contributed by atoms with van der Waals surface area (Å²) in [6.45, 7) is 4.75. The smallest absolute Gasteiger partial charge is 0.276 e. The minimum absolute atomic E-state index is 0.0327. The number of aromatic amines is 1. The Balaban J connectivity index is 2.29. The molecule has 0 radical (unpaired) electrons. The molecule has 2 aromatic rings. The topological polar surface area (TPSA) is 61.9 Å². The van der Waals surface area contributed by atoms with Gasteiger partial charge >= 0.3 is 0 Å². The lowest BCUT2D eigenvalue weighted by Crippen LogP contribution is -2.34. The molecule has 106 valence electrons. The Hall–Kier alpha value is -1.69. The van der Waals surface area contributed by atoms with Crippen LogP contribution in [0.2, 0.25) is 0 Å². The van der Waals surface area contributed by atoms with Crippen LogP contribution in [0.4, 0.5) is 0 Å². The molecular weight excluding hydrogens is 320 g/mol. The first kappa shape index (κ1) is 14.7. The van der Waals surface area contributed by atoms with Crippen molar-refractivity contribution in [2.75, 3.05) is 6.54 Å². The van der Waals surface area contributed by atoms with Gasteiger partial charge in [-0.3, -0.25) is 4.79 Å². The standard InChI is InChI=1S/C14H17BrN4O/c1-3-8-19(14(20)13-9-16-18-17-13)10(2)11-6-4-5-7-12(11)15/h4-7,9-10H,3,8H2,1-2H3,(H,16,17,18). The molecule has 0 aliphatic carbocycles. The van der Waals surface area contributed by atoms with Crippen LogP contribution < -0.4 is 0 Å². The van der Waals surface area contributed by atoms with Gasteiger partial charge in [-0.05, 0) is 25.0 Å². The predicted octanol–water partition coefficient (Wildman–Crippen LogP) is 3.18. The number of hydrogen-bond acceptors (Lipinski definition) is 3. The number of halogens is 1. The van der Waals surface area contributed by atoms with Crippen LogP contribution in [-0.2, 0) is 0 Å². The van der Waals surface area contributed by atoms with E-state index in [1.807, 2.05) is 36.1 Å². The Morgan fingerprint density at radius 2 is 2.20 bits per heavy atom. The van der Waals surface area contributed by atoms with E-state index in [1.54, 1.807) is 0 Å². The van der Waals surface area contributed by atoms with E-state index in [9.17, 15) is 4.79 Å². The largest absolute Gasteiger partial charge is 0.330 e. The second-order valence-electron chi connectivity index (χ2n) is 4.55. The van der Waals surface area contributed by atoms with E-state index in [1.165, 1.54) is 6.20 Å². The lowest BCUT2D eigenvalue weighted by atomic mass is 10.1. The molecule has 0 spiro atoms. The van der Waals surface area contributed by atoms with E-state index < -0.39 is 0 Å². The number of nitrogens with zero attached hydrogens (tertiary/aromatic N) is 3. The van der Waals surface area contributed by atoms with Gasteiger partial charge in [-0.25, -0.2) is 0 Å². The normalized spacial score (nSPS) is 12.2. The fraction of sp³-hybridized carbons (Fsp3) is 0.357. The number of carbonyl (C=O) groups is 1. The molecule has 0 bridgehead atoms. The van der Waals surface area contributed by atoms with Gasteiger partial charge in [-0.2, -0.15) is 15.4 Å². The van der Waals surface area contributed by atoms with E-state index in [0.29, 0.717) is 12.2 Å². The van der Waals surface area contributed by atoms with Crippen LogP contribution >= 0.6 is 15.9 Å². The second kappa shape index (κ2) is 6.65. The molecule has 1 atom stereocenters. The first-order valence-electron chi connectivity index (χ1n) is 6.56. The van der Waals surface area contributed by atoms with Crippen molar-refractivity contribution in [3.63, 3.8) is 0 Å². The van der Waals surface area contributed by atoms with Crippen molar-refractivity contribution in [2.24, 2.45) is 0 Å². The van der Waals surface area contributed by atoms with E-state index in [4.69, 9.17) is 0 Å². The zero-order valence-corrected chi connectivity index (χ0v) is 13.1. The number of carbonyl (C=O) groups excluding carboxylic acids is 1. The number of nitrogens with one attached hydrogen (secondary N) is 1. The maximum absolute atomic E-state index is 12.5. The number of amides is 1. The van der Waals surface area contributed by atoms with E-state index >= 15 is 0 Å². The molecule has 0 fully saturated rings. The molecule has 0 aliphatic rings. The summed E-state index contributed by atoms with van der Waals surface area (Å²) >= 11 is 3.54. The molecule has 1 aromatic carbocycles. The van der Waals surface area contributed by atoms with Crippen LogP contribution in [0.5, 0.6) is 0 Å². The first-order valence-corrected chi connectivity index (χ1v) is 7.35. The third-order valence-electron chi connectivity index (χ3n) is 3.18. The third kappa shape index (κ3) is 3.07. The van der Waals surface area contributed by atoms with Crippen LogP contribution in [0.15, 0.2) is 34.9 Å². The Morgan fingerprint density at radius 1 is 1.45 bits per heavy atom. The van der Waals surface area contributed by atoms with Crippen LogP contribution in [0.25, 0.3) is 0 Å². The van der Waals surface area contributed by atoms with Gasteiger partial charge in [0.25, 0.3) is 5.91 Å².